The number of carbonyl (C=O) groups is 1. The Bertz CT molecular complexity index is 263. The van der Waals surface area contributed by atoms with E-state index in [2.05, 4.69) is 27.7 Å². The van der Waals surface area contributed by atoms with Crippen LogP contribution in [0.25, 0.3) is 0 Å². The zero-order chi connectivity index (χ0) is 15.0. The quantitative estimate of drug-likeness (QED) is 0.611. The van der Waals surface area contributed by atoms with Gasteiger partial charge < -0.3 is 14.4 Å². The van der Waals surface area contributed by atoms with E-state index >= 15 is 0 Å². The standard InChI is InChI=1S/C16H31NO3/c1-13(2)10-17(11-14(3)4)16(18)7-9-19-12-15-6-5-8-20-15/h13-15H,5-12H2,1-4H3. The molecule has 1 amide bonds. The van der Waals surface area contributed by atoms with Crippen molar-refractivity contribution < 1.29 is 14.3 Å². The van der Waals surface area contributed by atoms with Crippen molar-refractivity contribution in [2.24, 2.45) is 11.8 Å². The van der Waals surface area contributed by atoms with E-state index in [0.717, 1.165) is 32.5 Å². The molecule has 0 aliphatic carbocycles. The number of amides is 1. The molecule has 20 heavy (non-hydrogen) atoms. The number of hydrogen-bond donors (Lipinski definition) is 0. The predicted octanol–water partition coefficient (Wildman–Crippen LogP) is 2.71. The second kappa shape index (κ2) is 9.35. The zero-order valence-corrected chi connectivity index (χ0v) is 13.6. The third kappa shape index (κ3) is 7.25. The van der Waals surface area contributed by atoms with E-state index in [1.807, 2.05) is 4.90 Å². The molecule has 1 aliphatic rings. The average molecular weight is 285 g/mol. The SMILES string of the molecule is CC(C)CN(CC(C)C)C(=O)CCOCC1CCCO1. The normalized spacial score (nSPS) is 19.0. The third-order valence-corrected chi connectivity index (χ3v) is 3.31. The fraction of sp³-hybridized carbons (Fsp3) is 0.938. The van der Waals surface area contributed by atoms with Crippen molar-refractivity contribution in [3.8, 4) is 0 Å². The molecule has 0 saturated carbocycles. The topological polar surface area (TPSA) is 38.8 Å². The number of carbonyl (C=O) groups excluding carboxylic acids is 1. The molecule has 0 bridgehead atoms. The Balaban J connectivity index is 2.22. The van der Waals surface area contributed by atoms with Gasteiger partial charge in [-0.2, -0.15) is 0 Å². The van der Waals surface area contributed by atoms with Gasteiger partial charge in [0.2, 0.25) is 5.91 Å². The van der Waals surface area contributed by atoms with Crippen LogP contribution in [0.4, 0.5) is 0 Å². The summed E-state index contributed by atoms with van der Waals surface area (Å²) in [7, 11) is 0. The molecule has 118 valence electrons. The summed E-state index contributed by atoms with van der Waals surface area (Å²) in [5.74, 6) is 1.22. The van der Waals surface area contributed by atoms with Crippen molar-refractivity contribution in [3.63, 3.8) is 0 Å². The Hall–Kier alpha value is -0.610. The highest BCUT2D eigenvalue weighted by atomic mass is 16.5. The fourth-order valence-corrected chi connectivity index (χ4v) is 2.47. The van der Waals surface area contributed by atoms with Gasteiger partial charge in [0.15, 0.2) is 0 Å². The van der Waals surface area contributed by atoms with Crippen LogP contribution in [-0.2, 0) is 14.3 Å². The maximum Gasteiger partial charge on any atom is 0.224 e. The van der Waals surface area contributed by atoms with Crippen molar-refractivity contribution in [2.45, 2.75) is 53.1 Å². The lowest BCUT2D eigenvalue weighted by Crippen LogP contribution is -2.37. The maximum absolute atomic E-state index is 12.2. The first-order chi connectivity index (χ1) is 9.49. The molecule has 0 aromatic carbocycles. The monoisotopic (exact) mass is 285 g/mol. The number of nitrogens with zero attached hydrogens (tertiary/aromatic N) is 1. The van der Waals surface area contributed by atoms with E-state index in [0.29, 0.717) is 31.5 Å². The predicted molar refractivity (Wildman–Crippen MR) is 80.7 cm³/mol. The van der Waals surface area contributed by atoms with Crippen LogP contribution in [0.5, 0.6) is 0 Å². The van der Waals surface area contributed by atoms with Crippen molar-refractivity contribution in [1.29, 1.82) is 0 Å². The summed E-state index contributed by atoms with van der Waals surface area (Å²) in [5.41, 5.74) is 0. The van der Waals surface area contributed by atoms with Gasteiger partial charge in [0.25, 0.3) is 0 Å². The summed E-state index contributed by atoms with van der Waals surface area (Å²) in [6.07, 6.45) is 2.93. The molecule has 0 aromatic rings. The Morgan fingerprint density at radius 1 is 1.25 bits per heavy atom. The molecule has 4 nitrogen and oxygen atoms in total. The van der Waals surface area contributed by atoms with Crippen LogP contribution < -0.4 is 0 Å². The maximum atomic E-state index is 12.2. The summed E-state index contributed by atoms with van der Waals surface area (Å²) in [6, 6.07) is 0. The van der Waals surface area contributed by atoms with Crippen molar-refractivity contribution in [3.05, 3.63) is 0 Å². The Labute approximate surface area is 123 Å². The van der Waals surface area contributed by atoms with Crippen LogP contribution in [0.1, 0.15) is 47.0 Å². The Kier molecular flexibility index (Phi) is 8.15. The molecule has 1 heterocycles. The molecule has 4 heteroatoms. The van der Waals surface area contributed by atoms with Crippen LogP contribution in [0.2, 0.25) is 0 Å². The Morgan fingerprint density at radius 2 is 1.90 bits per heavy atom. The van der Waals surface area contributed by atoms with Crippen molar-refractivity contribution >= 4 is 5.91 Å². The van der Waals surface area contributed by atoms with E-state index in [1.54, 1.807) is 0 Å². The largest absolute Gasteiger partial charge is 0.378 e. The fourth-order valence-electron chi connectivity index (χ4n) is 2.47. The highest BCUT2D eigenvalue weighted by Crippen LogP contribution is 2.12. The third-order valence-electron chi connectivity index (χ3n) is 3.31. The second-order valence-electron chi connectivity index (χ2n) is 6.55. The van der Waals surface area contributed by atoms with E-state index in [4.69, 9.17) is 9.47 Å². The molecule has 0 radical (unpaired) electrons. The number of hydrogen-bond acceptors (Lipinski definition) is 3. The van der Waals surface area contributed by atoms with Gasteiger partial charge >= 0.3 is 0 Å². The highest BCUT2D eigenvalue weighted by Gasteiger charge is 2.18. The first kappa shape index (κ1) is 17.4. The molecule has 1 atom stereocenters. The summed E-state index contributed by atoms with van der Waals surface area (Å²) < 4.78 is 11.1. The molecule has 1 fully saturated rings. The van der Waals surface area contributed by atoms with Crippen LogP contribution >= 0.6 is 0 Å². The lowest BCUT2D eigenvalue weighted by molar-refractivity contribution is -0.133. The van der Waals surface area contributed by atoms with Gasteiger partial charge in [0.05, 0.1) is 25.7 Å². The van der Waals surface area contributed by atoms with E-state index in [9.17, 15) is 4.79 Å². The minimum atomic E-state index is 0.208. The summed E-state index contributed by atoms with van der Waals surface area (Å²) in [6.45, 7) is 12.2. The van der Waals surface area contributed by atoms with E-state index in [-0.39, 0.29) is 12.0 Å². The van der Waals surface area contributed by atoms with Crippen molar-refractivity contribution in [1.82, 2.24) is 4.90 Å². The molecule has 0 spiro atoms. The summed E-state index contributed by atoms with van der Waals surface area (Å²) in [5, 5.41) is 0. The average Bonchev–Trinajstić information content (AvgIpc) is 2.85. The van der Waals surface area contributed by atoms with Gasteiger partial charge in [0.1, 0.15) is 0 Å². The van der Waals surface area contributed by atoms with Gasteiger partial charge in [-0.1, -0.05) is 27.7 Å². The highest BCUT2D eigenvalue weighted by molar-refractivity contribution is 5.76. The molecule has 1 saturated heterocycles. The molecular weight excluding hydrogens is 254 g/mol. The van der Waals surface area contributed by atoms with Gasteiger partial charge in [-0.15, -0.1) is 0 Å². The smallest absolute Gasteiger partial charge is 0.224 e. The first-order valence-electron chi connectivity index (χ1n) is 7.96. The summed E-state index contributed by atoms with van der Waals surface area (Å²) >= 11 is 0. The molecule has 1 unspecified atom stereocenters. The summed E-state index contributed by atoms with van der Waals surface area (Å²) in [4.78, 5) is 14.2. The van der Waals surface area contributed by atoms with Crippen LogP contribution in [0.15, 0.2) is 0 Å². The van der Waals surface area contributed by atoms with Crippen LogP contribution in [0.3, 0.4) is 0 Å². The lowest BCUT2D eigenvalue weighted by Gasteiger charge is -2.26. The van der Waals surface area contributed by atoms with Crippen LogP contribution in [-0.4, -0.2) is 49.8 Å². The number of ether oxygens (including phenoxy) is 2. The molecule has 1 rings (SSSR count). The minimum Gasteiger partial charge on any atom is -0.378 e. The molecule has 0 N–H and O–H groups in total. The van der Waals surface area contributed by atoms with E-state index in [1.165, 1.54) is 0 Å². The van der Waals surface area contributed by atoms with Gasteiger partial charge in [-0.3, -0.25) is 4.79 Å². The Morgan fingerprint density at radius 3 is 2.40 bits per heavy atom. The molecular formula is C16H31NO3. The van der Waals surface area contributed by atoms with Gasteiger partial charge in [-0.25, -0.2) is 0 Å². The van der Waals surface area contributed by atoms with Gasteiger partial charge in [-0.05, 0) is 24.7 Å². The van der Waals surface area contributed by atoms with Crippen molar-refractivity contribution in [2.75, 3.05) is 32.9 Å². The second-order valence-corrected chi connectivity index (χ2v) is 6.55. The lowest BCUT2D eigenvalue weighted by atomic mass is 10.1. The zero-order valence-electron chi connectivity index (χ0n) is 13.6. The molecule has 1 aliphatic heterocycles. The van der Waals surface area contributed by atoms with Crippen LogP contribution in [0, 0.1) is 11.8 Å². The minimum absolute atomic E-state index is 0.208. The first-order valence-corrected chi connectivity index (χ1v) is 7.96. The molecule has 0 aromatic heterocycles. The van der Waals surface area contributed by atoms with Gasteiger partial charge in [0, 0.05) is 19.7 Å². The number of rotatable bonds is 9. The van der Waals surface area contributed by atoms with E-state index < -0.39 is 0 Å².